The van der Waals surface area contributed by atoms with E-state index in [2.05, 4.69) is 12.1 Å². The predicted molar refractivity (Wildman–Crippen MR) is 69.2 cm³/mol. The fraction of sp³-hybridized carbons (Fsp3) is 0.133. The zero-order valence-corrected chi connectivity index (χ0v) is 9.87. The molecule has 2 rings (SSSR count). The first-order valence-corrected chi connectivity index (χ1v) is 5.69. The Morgan fingerprint density at radius 3 is 2.17 bits per heavy atom. The molecule has 2 aromatic carbocycles. The molecule has 0 heterocycles. The van der Waals surface area contributed by atoms with Crippen molar-refractivity contribution in [3.63, 3.8) is 0 Å². The number of carboxylic acid groups (broad SMARTS) is 1. The van der Waals surface area contributed by atoms with Gasteiger partial charge in [0, 0.05) is 0 Å². The Morgan fingerprint density at radius 1 is 0.944 bits per heavy atom. The molecule has 0 unspecified atom stereocenters. The quantitative estimate of drug-likeness (QED) is 0.876. The molecule has 18 heavy (non-hydrogen) atoms. The van der Waals surface area contributed by atoms with Crippen molar-refractivity contribution in [3.05, 3.63) is 60.2 Å². The van der Waals surface area contributed by atoms with Crippen LogP contribution < -0.4 is 0 Å². The average molecular weight is 242 g/mol. The molecule has 0 aliphatic rings. The Labute approximate surface area is 106 Å². The molecule has 0 saturated carbocycles. The summed E-state index contributed by atoms with van der Waals surface area (Å²) in [4.78, 5) is 10.3. The van der Waals surface area contributed by atoms with E-state index in [-0.39, 0.29) is 6.61 Å². The summed E-state index contributed by atoms with van der Waals surface area (Å²) in [7, 11) is 0. The highest BCUT2D eigenvalue weighted by atomic mass is 16.5. The minimum atomic E-state index is -0.948. The lowest BCUT2D eigenvalue weighted by Crippen LogP contribution is -2.06. The molecular formula is C15H14O3. The van der Waals surface area contributed by atoms with E-state index in [1.165, 1.54) is 0 Å². The Balaban J connectivity index is 2.00. The minimum absolute atomic E-state index is 0.263. The van der Waals surface area contributed by atoms with Crippen LogP contribution >= 0.6 is 0 Å². The number of carboxylic acids is 1. The van der Waals surface area contributed by atoms with E-state index >= 15 is 0 Å². The lowest BCUT2D eigenvalue weighted by molar-refractivity contribution is -0.142. The van der Waals surface area contributed by atoms with Crippen LogP contribution in [0, 0.1) is 0 Å². The van der Waals surface area contributed by atoms with Crippen molar-refractivity contribution in [3.8, 4) is 11.1 Å². The highest BCUT2D eigenvalue weighted by Gasteiger charge is 1.99. The molecule has 0 spiro atoms. The molecule has 0 aliphatic heterocycles. The molecule has 0 bridgehead atoms. The fourth-order valence-corrected chi connectivity index (χ4v) is 1.68. The number of hydrogen-bond donors (Lipinski definition) is 1. The number of benzene rings is 2. The zero-order valence-electron chi connectivity index (χ0n) is 9.87. The van der Waals surface area contributed by atoms with Gasteiger partial charge in [-0.1, -0.05) is 54.6 Å². The van der Waals surface area contributed by atoms with Crippen molar-refractivity contribution in [2.75, 3.05) is 6.61 Å². The van der Waals surface area contributed by atoms with Gasteiger partial charge in [0.1, 0.15) is 6.61 Å². The van der Waals surface area contributed by atoms with Crippen LogP contribution in [0.15, 0.2) is 54.6 Å². The second-order valence-electron chi connectivity index (χ2n) is 3.95. The molecule has 1 N–H and O–H groups in total. The average Bonchev–Trinajstić information content (AvgIpc) is 2.40. The second kappa shape index (κ2) is 5.98. The Hall–Kier alpha value is -2.13. The molecule has 2 aromatic rings. The Morgan fingerprint density at radius 2 is 1.56 bits per heavy atom. The molecule has 0 aliphatic carbocycles. The first-order chi connectivity index (χ1) is 8.75. The minimum Gasteiger partial charge on any atom is -0.480 e. The maximum Gasteiger partial charge on any atom is 0.329 e. The predicted octanol–water partition coefficient (Wildman–Crippen LogP) is 2.95. The molecule has 0 fully saturated rings. The number of hydrogen-bond acceptors (Lipinski definition) is 2. The third-order valence-electron chi connectivity index (χ3n) is 2.56. The molecule has 0 saturated heterocycles. The zero-order chi connectivity index (χ0) is 12.8. The molecule has 92 valence electrons. The highest BCUT2D eigenvalue weighted by molar-refractivity contribution is 5.68. The van der Waals surface area contributed by atoms with Crippen LogP contribution in [-0.4, -0.2) is 17.7 Å². The van der Waals surface area contributed by atoms with Gasteiger partial charge in [-0.25, -0.2) is 4.79 Å². The largest absolute Gasteiger partial charge is 0.480 e. The van der Waals surface area contributed by atoms with Gasteiger partial charge in [0.05, 0.1) is 6.61 Å². The van der Waals surface area contributed by atoms with Crippen LogP contribution in [0.25, 0.3) is 11.1 Å². The van der Waals surface area contributed by atoms with Crippen molar-refractivity contribution in [1.82, 2.24) is 0 Å². The molecule has 0 atom stereocenters. The molecule has 0 amide bonds. The van der Waals surface area contributed by atoms with Crippen LogP contribution in [0.1, 0.15) is 5.56 Å². The summed E-state index contributed by atoms with van der Waals surface area (Å²) in [5, 5.41) is 8.46. The summed E-state index contributed by atoms with van der Waals surface area (Å²) in [6.45, 7) is 0.0573. The first kappa shape index (κ1) is 12.3. The smallest absolute Gasteiger partial charge is 0.329 e. The van der Waals surface area contributed by atoms with Crippen molar-refractivity contribution in [1.29, 1.82) is 0 Å². The summed E-state index contributed by atoms with van der Waals surface area (Å²) in [5.41, 5.74) is 3.27. The topological polar surface area (TPSA) is 46.5 Å². The number of aliphatic carboxylic acids is 1. The lowest BCUT2D eigenvalue weighted by atomic mass is 10.0. The van der Waals surface area contributed by atoms with E-state index in [0.717, 1.165) is 16.7 Å². The number of ether oxygens (including phenoxy) is 1. The van der Waals surface area contributed by atoms with Gasteiger partial charge in [-0.05, 0) is 16.7 Å². The number of rotatable bonds is 5. The van der Waals surface area contributed by atoms with Gasteiger partial charge in [-0.3, -0.25) is 0 Å². The van der Waals surface area contributed by atoms with Crippen molar-refractivity contribution < 1.29 is 14.6 Å². The molecule has 0 radical (unpaired) electrons. The van der Waals surface area contributed by atoms with Crippen LogP contribution in [-0.2, 0) is 16.1 Å². The van der Waals surface area contributed by atoms with Gasteiger partial charge in [-0.15, -0.1) is 0 Å². The molecule has 3 heteroatoms. The summed E-state index contributed by atoms with van der Waals surface area (Å²) < 4.78 is 5.03. The molecule has 0 aromatic heterocycles. The number of carbonyl (C=O) groups is 1. The van der Waals surface area contributed by atoms with Crippen LogP contribution in [0.4, 0.5) is 0 Å². The van der Waals surface area contributed by atoms with Crippen LogP contribution in [0.2, 0.25) is 0 Å². The molecular weight excluding hydrogens is 228 g/mol. The van der Waals surface area contributed by atoms with Crippen molar-refractivity contribution in [2.24, 2.45) is 0 Å². The maximum atomic E-state index is 10.3. The van der Waals surface area contributed by atoms with Crippen molar-refractivity contribution >= 4 is 5.97 Å². The maximum absolute atomic E-state index is 10.3. The lowest BCUT2D eigenvalue weighted by Gasteiger charge is -2.04. The van der Waals surface area contributed by atoms with Gasteiger partial charge < -0.3 is 9.84 Å². The van der Waals surface area contributed by atoms with Gasteiger partial charge in [0.2, 0.25) is 0 Å². The normalized spacial score (nSPS) is 10.2. The summed E-state index contributed by atoms with van der Waals surface area (Å²) >= 11 is 0. The second-order valence-corrected chi connectivity index (χ2v) is 3.95. The third kappa shape index (κ3) is 3.43. The fourth-order valence-electron chi connectivity index (χ4n) is 1.68. The third-order valence-corrected chi connectivity index (χ3v) is 2.56. The summed E-state index contributed by atoms with van der Waals surface area (Å²) in [6.07, 6.45) is 0. The highest BCUT2D eigenvalue weighted by Crippen LogP contribution is 2.19. The van der Waals surface area contributed by atoms with E-state index in [1.807, 2.05) is 42.5 Å². The van der Waals surface area contributed by atoms with E-state index in [4.69, 9.17) is 9.84 Å². The van der Waals surface area contributed by atoms with E-state index in [0.29, 0.717) is 6.61 Å². The first-order valence-electron chi connectivity index (χ1n) is 5.69. The van der Waals surface area contributed by atoms with Gasteiger partial charge >= 0.3 is 5.97 Å². The molecule has 3 nitrogen and oxygen atoms in total. The Bertz CT molecular complexity index is 503. The SMILES string of the molecule is O=C(O)COCc1ccc(-c2ccccc2)cc1. The van der Waals surface area contributed by atoms with E-state index in [1.54, 1.807) is 0 Å². The van der Waals surface area contributed by atoms with Gasteiger partial charge in [-0.2, -0.15) is 0 Å². The van der Waals surface area contributed by atoms with E-state index in [9.17, 15) is 4.79 Å². The van der Waals surface area contributed by atoms with Crippen LogP contribution in [0.5, 0.6) is 0 Å². The van der Waals surface area contributed by atoms with Crippen LogP contribution in [0.3, 0.4) is 0 Å². The van der Waals surface area contributed by atoms with Crippen molar-refractivity contribution in [2.45, 2.75) is 6.61 Å². The standard InChI is InChI=1S/C15H14O3/c16-15(17)11-18-10-12-6-8-14(9-7-12)13-4-2-1-3-5-13/h1-9H,10-11H2,(H,16,17). The Kier molecular flexibility index (Phi) is 4.10. The summed E-state index contributed by atoms with van der Waals surface area (Å²) in [5.74, 6) is -0.948. The monoisotopic (exact) mass is 242 g/mol. The van der Waals surface area contributed by atoms with E-state index < -0.39 is 5.97 Å². The van der Waals surface area contributed by atoms with Gasteiger partial charge in [0.25, 0.3) is 0 Å². The van der Waals surface area contributed by atoms with Gasteiger partial charge in [0.15, 0.2) is 0 Å². The summed E-state index contributed by atoms with van der Waals surface area (Å²) in [6, 6.07) is 18.0.